The van der Waals surface area contributed by atoms with E-state index < -0.39 is 16.3 Å². The molecule has 1 aliphatic heterocycles. The maximum Gasteiger partial charge on any atom is 0.302 e. The predicted octanol–water partition coefficient (Wildman–Crippen LogP) is 2.61. The third kappa shape index (κ3) is 3.77. The molecular weight excluding hydrogens is 398 g/mol. The van der Waals surface area contributed by atoms with Crippen molar-refractivity contribution in [2.75, 3.05) is 10.8 Å². The highest BCUT2D eigenvalue weighted by Gasteiger charge is 2.37. The molecular formula is C19H17N3O4S2. The number of rotatable bonds is 6. The highest BCUT2D eigenvalue weighted by molar-refractivity contribution is 7.91. The summed E-state index contributed by atoms with van der Waals surface area (Å²) in [6.45, 7) is 0.303. The van der Waals surface area contributed by atoms with Gasteiger partial charge in [-0.2, -0.15) is 13.1 Å². The summed E-state index contributed by atoms with van der Waals surface area (Å²) in [7, 11) is -3.81. The van der Waals surface area contributed by atoms with E-state index in [0.717, 1.165) is 20.4 Å². The number of carbonyl (C=O) groups is 1. The number of ether oxygens (including phenoxy) is 1. The van der Waals surface area contributed by atoms with Crippen LogP contribution in [0.2, 0.25) is 0 Å². The Balaban J connectivity index is 1.71. The van der Waals surface area contributed by atoms with Crippen molar-refractivity contribution in [1.82, 2.24) is 9.71 Å². The molecule has 1 atom stereocenters. The second-order valence-corrected chi connectivity index (χ2v) is 8.71. The summed E-state index contributed by atoms with van der Waals surface area (Å²) in [4.78, 5) is 15.4. The zero-order valence-electron chi connectivity index (χ0n) is 14.7. The molecule has 1 aromatic heterocycles. The van der Waals surface area contributed by atoms with Gasteiger partial charge in [0.2, 0.25) is 0 Å². The monoisotopic (exact) mass is 415 g/mol. The van der Waals surface area contributed by atoms with Crippen LogP contribution in [0, 0.1) is 0 Å². The average Bonchev–Trinajstić information content (AvgIpc) is 3.34. The van der Waals surface area contributed by atoms with E-state index in [1.165, 1.54) is 11.3 Å². The van der Waals surface area contributed by atoms with Crippen LogP contribution in [0.3, 0.4) is 0 Å². The lowest BCUT2D eigenvalue weighted by Gasteiger charge is -2.20. The number of carbonyl (C=O) groups excluding carboxylic acids is 1. The number of hydrogen-bond acceptors (Lipinski definition) is 6. The zero-order chi connectivity index (χ0) is 19.6. The quantitative estimate of drug-likeness (QED) is 0.625. The van der Waals surface area contributed by atoms with Crippen LogP contribution < -0.4 is 13.8 Å². The molecule has 1 saturated heterocycles. The van der Waals surface area contributed by atoms with Crippen LogP contribution in [-0.4, -0.2) is 32.3 Å². The van der Waals surface area contributed by atoms with E-state index in [0.29, 0.717) is 17.7 Å². The minimum absolute atomic E-state index is 0.0180. The summed E-state index contributed by atoms with van der Waals surface area (Å²) in [6.07, 6.45) is 2.30. The Morgan fingerprint density at radius 2 is 2.07 bits per heavy atom. The first-order valence-corrected chi connectivity index (χ1v) is 10.8. The first-order valence-electron chi connectivity index (χ1n) is 8.53. The van der Waals surface area contributed by atoms with E-state index >= 15 is 0 Å². The molecule has 1 fully saturated rings. The van der Waals surface area contributed by atoms with Crippen molar-refractivity contribution in [2.45, 2.75) is 12.6 Å². The molecule has 7 nitrogen and oxygen atoms in total. The standard InChI is InChI=1S/C19H17N3O4S2/c23-12-16-11-22(28(24,25)21-16)17-7-6-15(19-20-8-9-27-19)10-18(17)26-13-14-4-2-1-3-5-14/h1-10,12,16,21H,11,13H2. The van der Waals surface area contributed by atoms with Crippen LogP contribution in [-0.2, 0) is 21.6 Å². The summed E-state index contributed by atoms with van der Waals surface area (Å²) >= 11 is 1.48. The molecule has 0 amide bonds. The molecule has 0 radical (unpaired) electrons. The van der Waals surface area contributed by atoms with Crippen molar-refractivity contribution in [1.29, 1.82) is 0 Å². The number of anilines is 1. The Kier molecular flexibility index (Phi) is 5.12. The van der Waals surface area contributed by atoms with Crippen LogP contribution in [0.15, 0.2) is 60.1 Å². The van der Waals surface area contributed by atoms with Gasteiger partial charge in [-0.05, 0) is 23.8 Å². The van der Waals surface area contributed by atoms with E-state index in [1.54, 1.807) is 24.4 Å². The van der Waals surface area contributed by atoms with E-state index in [-0.39, 0.29) is 13.2 Å². The first-order chi connectivity index (χ1) is 13.6. The Labute approximate surface area is 166 Å². The predicted molar refractivity (Wildman–Crippen MR) is 108 cm³/mol. The molecule has 0 bridgehead atoms. The van der Waals surface area contributed by atoms with Gasteiger partial charge in [-0.15, -0.1) is 11.3 Å². The van der Waals surface area contributed by atoms with E-state index in [9.17, 15) is 13.2 Å². The van der Waals surface area contributed by atoms with Crippen molar-refractivity contribution < 1.29 is 17.9 Å². The molecule has 2 heterocycles. The fraction of sp³-hybridized carbons (Fsp3) is 0.158. The number of nitrogens with zero attached hydrogens (tertiary/aromatic N) is 2. The van der Waals surface area contributed by atoms with Gasteiger partial charge < -0.3 is 9.53 Å². The van der Waals surface area contributed by atoms with Crippen molar-refractivity contribution in [2.24, 2.45) is 0 Å². The smallest absolute Gasteiger partial charge is 0.302 e. The third-order valence-electron chi connectivity index (χ3n) is 4.26. The Bertz CT molecular complexity index is 1070. The van der Waals surface area contributed by atoms with Gasteiger partial charge >= 0.3 is 10.2 Å². The van der Waals surface area contributed by atoms with Gasteiger partial charge in [0.25, 0.3) is 0 Å². The van der Waals surface area contributed by atoms with Gasteiger partial charge in [-0.25, -0.2) is 4.98 Å². The number of aromatic nitrogens is 1. The topological polar surface area (TPSA) is 88.6 Å². The molecule has 1 aliphatic rings. The van der Waals surface area contributed by atoms with Crippen LogP contribution in [0.25, 0.3) is 10.6 Å². The van der Waals surface area contributed by atoms with Crippen molar-refractivity contribution in [3.05, 3.63) is 65.7 Å². The number of nitrogens with one attached hydrogen (secondary N) is 1. The van der Waals surface area contributed by atoms with Gasteiger partial charge in [0.05, 0.1) is 18.3 Å². The molecule has 3 aromatic rings. The molecule has 144 valence electrons. The molecule has 0 saturated carbocycles. The molecule has 2 aromatic carbocycles. The molecule has 4 rings (SSSR count). The van der Waals surface area contributed by atoms with Gasteiger partial charge in [-0.1, -0.05) is 30.3 Å². The van der Waals surface area contributed by atoms with Gasteiger partial charge in [-0.3, -0.25) is 4.31 Å². The molecule has 0 aliphatic carbocycles. The molecule has 0 spiro atoms. The maximum absolute atomic E-state index is 12.5. The SMILES string of the molecule is O=CC1CN(c2ccc(-c3nccs3)cc2OCc2ccccc2)S(=O)(=O)N1. The molecule has 1 N–H and O–H groups in total. The first kappa shape index (κ1) is 18.6. The van der Waals surface area contributed by atoms with Crippen molar-refractivity contribution in [3.8, 4) is 16.3 Å². The number of aldehydes is 1. The largest absolute Gasteiger partial charge is 0.487 e. The minimum atomic E-state index is -3.81. The highest BCUT2D eigenvalue weighted by atomic mass is 32.2. The van der Waals surface area contributed by atoms with Gasteiger partial charge in [0.1, 0.15) is 23.7 Å². The van der Waals surface area contributed by atoms with E-state index in [4.69, 9.17) is 4.74 Å². The van der Waals surface area contributed by atoms with Crippen LogP contribution in [0.1, 0.15) is 5.56 Å². The molecule has 1 unspecified atom stereocenters. The van der Waals surface area contributed by atoms with E-state index in [2.05, 4.69) is 9.71 Å². The Morgan fingerprint density at radius 3 is 2.75 bits per heavy atom. The number of hydrogen-bond donors (Lipinski definition) is 1. The lowest BCUT2D eigenvalue weighted by Crippen LogP contribution is -2.30. The van der Waals surface area contributed by atoms with Crippen LogP contribution in [0.5, 0.6) is 5.75 Å². The Morgan fingerprint density at radius 1 is 1.25 bits per heavy atom. The van der Waals surface area contributed by atoms with Crippen molar-refractivity contribution in [3.63, 3.8) is 0 Å². The maximum atomic E-state index is 12.5. The lowest BCUT2D eigenvalue weighted by molar-refractivity contribution is -0.108. The van der Waals surface area contributed by atoms with Gasteiger partial charge in [0, 0.05) is 17.1 Å². The fourth-order valence-electron chi connectivity index (χ4n) is 2.94. The van der Waals surface area contributed by atoms with Crippen molar-refractivity contribution >= 4 is 33.5 Å². The van der Waals surface area contributed by atoms with Crippen LogP contribution in [0.4, 0.5) is 5.69 Å². The summed E-state index contributed by atoms with van der Waals surface area (Å²) in [6, 6.07) is 14.1. The minimum Gasteiger partial charge on any atom is -0.487 e. The molecule has 9 heteroatoms. The second-order valence-electron chi connectivity index (χ2n) is 6.19. The fourth-order valence-corrected chi connectivity index (χ4v) is 4.98. The van der Waals surface area contributed by atoms with Crippen LogP contribution >= 0.6 is 11.3 Å². The third-order valence-corrected chi connectivity index (χ3v) is 6.61. The average molecular weight is 415 g/mol. The summed E-state index contributed by atoms with van der Waals surface area (Å²) in [5.41, 5.74) is 2.17. The molecule has 28 heavy (non-hydrogen) atoms. The van der Waals surface area contributed by atoms with Gasteiger partial charge in [0.15, 0.2) is 0 Å². The lowest BCUT2D eigenvalue weighted by atomic mass is 10.2. The summed E-state index contributed by atoms with van der Waals surface area (Å²) in [5, 5.41) is 2.68. The summed E-state index contributed by atoms with van der Waals surface area (Å²) < 4.78 is 34.4. The number of benzene rings is 2. The zero-order valence-corrected chi connectivity index (χ0v) is 16.3. The highest BCUT2D eigenvalue weighted by Crippen LogP contribution is 2.37. The number of thiazole rings is 1. The second kappa shape index (κ2) is 7.70. The Hall–Kier alpha value is -2.75. The van der Waals surface area contributed by atoms with E-state index in [1.807, 2.05) is 35.7 Å². The summed E-state index contributed by atoms with van der Waals surface area (Å²) in [5.74, 6) is 0.411. The normalized spacial score (nSPS) is 18.1.